The van der Waals surface area contributed by atoms with Crippen LogP contribution in [0.5, 0.6) is 0 Å². The topological polar surface area (TPSA) is 37.4 Å². The van der Waals surface area contributed by atoms with Crippen LogP contribution in [0, 0.1) is 12.7 Å². The van der Waals surface area contributed by atoms with Gasteiger partial charge in [-0.2, -0.15) is 0 Å². The molecule has 3 aromatic carbocycles. The second kappa shape index (κ2) is 7.09. The molecule has 0 aliphatic carbocycles. The van der Waals surface area contributed by atoms with Crippen LogP contribution in [-0.4, -0.2) is 12.6 Å². The molecule has 0 spiro atoms. The quantitative estimate of drug-likeness (QED) is 0.600. The lowest BCUT2D eigenvalue weighted by molar-refractivity contribution is 0.111. The number of halogens is 1. The van der Waals surface area contributed by atoms with Gasteiger partial charge in [-0.15, -0.1) is 0 Å². The fourth-order valence-corrected chi connectivity index (χ4v) is 2.72. The number of hydrogen-bond acceptors (Lipinski definition) is 3. The van der Waals surface area contributed by atoms with E-state index in [0.717, 1.165) is 29.5 Å². The highest BCUT2D eigenvalue weighted by Crippen LogP contribution is 2.38. The Morgan fingerprint density at radius 3 is 1.64 bits per heavy atom. The molecule has 0 amide bonds. The van der Waals surface area contributed by atoms with Crippen molar-refractivity contribution in [2.45, 2.75) is 6.92 Å². The van der Waals surface area contributed by atoms with Gasteiger partial charge in [-0.3, -0.25) is 9.59 Å². The molecule has 124 valence electrons. The monoisotopic (exact) mass is 333 g/mol. The molecular formula is C21H16FNO2. The van der Waals surface area contributed by atoms with E-state index in [9.17, 15) is 14.0 Å². The van der Waals surface area contributed by atoms with Crippen molar-refractivity contribution in [3.8, 4) is 0 Å². The minimum absolute atomic E-state index is 0.348. The Kier molecular flexibility index (Phi) is 4.70. The van der Waals surface area contributed by atoms with E-state index in [1.165, 1.54) is 6.07 Å². The molecule has 3 nitrogen and oxygen atoms in total. The summed E-state index contributed by atoms with van der Waals surface area (Å²) >= 11 is 0. The van der Waals surface area contributed by atoms with Crippen molar-refractivity contribution in [3.05, 3.63) is 89.2 Å². The number of carbonyl (C=O) groups is 2. The second-order valence-electron chi connectivity index (χ2n) is 5.66. The first-order valence-corrected chi connectivity index (χ1v) is 7.80. The zero-order chi connectivity index (χ0) is 17.8. The molecule has 0 saturated heterocycles. The summed E-state index contributed by atoms with van der Waals surface area (Å²) < 4.78 is 14.6. The smallest absolute Gasteiger partial charge is 0.150 e. The van der Waals surface area contributed by atoms with Gasteiger partial charge in [-0.1, -0.05) is 12.1 Å². The molecule has 0 fully saturated rings. The molecule has 0 unspecified atom stereocenters. The van der Waals surface area contributed by atoms with Crippen LogP contribution >= 0.6 is 0 Å². The number of carbonyl (C=O) groups excluding carboxylic acids is 2. The van der Waals surface area contributed by atoms with E-state index < -0.39 is 0 Å². The average Bonchev–Trinajstić information content (AvgIpc) is 2.65. The van der Waals surface area contributed by atoms with Crippen molar-refractivity contribution in [1.82, 2.24) is 0 Å². The van der Waals surface area contributed by atoms with Crippen molar-refractivity contribution in [2.75, 3.05) is 4.90 Å². The Labute approximate surface area is 145 Å². The maximum Gasteiger partial charge on any atom is 0.150 e. The van der Waals surface area contributed by atoms with Gasteiger partial charge in [0, 0.05) is 22.5 Å². The van der Waals surface area contributed by atoms with Gasteiger partial charge in [-0.25, -0.2) is 4.39 Å². The summed E-state index contributed by atoms with van der Waals surface area (Å²) in [6.07, 6.45) is 1.53. The van der Waals surface area contributed by atoms with Crippen molar-refractivity contribution < 1.29 is 14.0 Å². The maximum absolute atomic E-state index is 14.6. The summed E-state index contributed by atoms with van der Waals surface area (Å²) in [4.78, 5) is 23.6. The molecule has 25 heavy (non-hydrogen) atoms. The van der Waals surface area contributed by atoms with Crippen LogP contribution in [0.25, 0.3) is 0 Å². The Hall–Kier alpha value is -3.27. The standard InChI is InChI=1S/C21H16FNO2/c1-15-3-2-4-20(22)21(15)23(18-9-5-16(13-24)6-10-18)19-11-7-17(14-25)8-12-19/h2-14H,1H3. The third kappa shape index (κ3) is 3.33. The van der Waals surface area contributed by atoms with Crippen molar-refractivity contribution >= 4 is 29.6 Å². The number of hydrogen-bond donors (Lipinski definition) is 0. The Bertz CT molecular complexity index is 830. The number of benzene rings is 3. The van der Waals surface area contributed by atoms with E-state index in [-0.39, 0.29) is 5.82 Å². The number of nitrogens with zero attached hydrogens (tertiary/aromatic N) is 1. The zero-order valence-electron chi connectivity index (χ0n) is 13.6. The predicted molar refractivity (Wildman–Crippen MR) is 96.6 cm³/mol. The predicted octanol–water partition coefficient (Wildman–Crippen LogP) is 5.23. The summed E-state index contributed by atoms with van der Waals surface area (Å²) in [6.45, 7) is 1.84. The van der Waals surface area contributed by atoms with Crippen molar-refractivity contribution in [3.63, 3.8) is 0 Å². The van der Waals surface area contributed by atoms with E-state index in [1.54, 1.807) is 59.5 Å². The van der Waals surface area contributed by atoms with Gasteiger partial charge in [0.2, 0.25) is 0 Å². The SMILES string of the molecule is Cc1cccc(F)c1N(c1ccc(C=O)cc1)c1ccc(C=O)cc1. The van der Waals surface area contributed by atoms with Crippen LogP contribution in [0.4, 0.5) is 21.5 Å². The number of anilines is 3. The van der Waals surface area contributed by atoms with Gasteiger partial charge in [-0.05, 0) is 67.1 Å². The molecule has 0 heterocycles. The summed E-state index contributed by atoms with van der Waals surface area (Å²) in [6, 6.07) is 18.7. The highest BCUT2D eigenvalue weighted by atomic mass is 19.1. The molecule has 3 rings (SSSR count). The van der Waals surface area contributed by atoms with Crippen LogP contribution in [0.3, 0.4) is 0 Å². The van der Waals surface area contributed by atoms with Gasteiger partial charge in [0.1, 0.15) is 18.4 Å². The molecule has 3 aromatic rings. The highest BCUT2D eigenvalue weighted by Gasteiger charge is 2.18. The fraction of sp³-hybridized carbons (Fsp3) is 0.0476. The normalized spacial score (nSPS) is 10.3. The van der Waals surface area contributed by atoms with E-state index >= 15 is 0 Å². The molecule has 0 N–H and O–H groups in total. The number of aldehydes is 2. The van der Waals surface area contributed by atoms with Gasteiger partial charge < -0.3 is 4.90 Å². The second-order valence-corrected chi connectivity index (χ2v) is 5.66. The molecule has 0 atom stereocenters. The minimum atomic E-state index is -0.348. The van der Waals surface area contributed by atoms with Crippen LogP contribution in [-0.2, 0) is 0 Å². The Morgan fingerprint density at radius 1 is 0.760 bits per heavy atom. The van der Waals surface area contributed by atoms with E-state index in [2.05, 4.69) is 0 Å². The lowest BCUT2D eigenvalue weighted by atomic mass is 10.1. The van der Waals surface area contributed by atoms with Gasteiger partial charge >= 0.3 is 0 Å². The number of para-hydroxylation sites is 1. The largest absolute Gasteiger partial charge is 0.307 e. The minimum Gasteiger partial charge on any atom is -0.307 e. The first kappa shape index (κ1) is 16.6. The van der Waals surface area contributed by atoms with E-state index in [0.29, 0.717) is 16.8 Å². The zero-order valence-corrected chi connectivity index (χ0v) is 13.6. The number of rotatable bonds is 5. The van der Waals surface area contributed by atoms with Crippen LogP contribution < -0.4 is 4.90 Å². The molecule has 0 saturated carbocycles. The molecular weight excluding hydrogens is 317 g/mol. The van der Waals surface area contributed by atoms with E-state index in [4.69, 9.17) is 0 Å². The summed E-state index contributed by atoms with van der Waals surface area (Å²) in [5.41, 5.74) is 3.74. The highest BCUT2D eigenvalue weighted by molar-refractivity contribution is 5.83. The third-order valence-corrected chi connectivity index (χ3v) is 3.99. The molecule has 0 radical (unpaired) electrons. The van der Waals surface area contributed by atoms with Gasteiger partial charge in [0.25, 0.3) is 0 Å². The van der Waals surface area contributed by atoms with Crippen LogP contribution in [0.15, 0.2) is 66.7 Å². The molecule has 0 aromatic heterocycles. The average molecular weight is 333 g/mol. The first-order chi connectivity index (χ1) is 12.1. The van der Waals surface area contributed by atoms with Gasteiger partial charge in [0.05, 0.1) is 5.69 Å². The van der Waals surface area contributed by atoms with E-state index in [1.807, 2.05) is 13.0 Å². The molecule has 0 aliphatic heterocycles. The first-order valence-electron chi connectivity index (χ1n) is 7.80. The maximum atomic E-state index is 14.6. The molecule has 0 aliphatic rings. The fourth-order valence-electron chi connectivity index (χ4n) is 2.72. The Balaban J connectivity index is 2.19. The number of aryl methyl sites for hydroxylation is 1. The lowest BCUT2D eigenvalue weighted by Crippen LogP contribution is -2.13. The van der Waals surface area contributed by atoms with Crippen LogP contribution in [0.2, 0.25) is 0 Å². The van der Waals surface area contributed by atoms with Crippen molar-refractivity contribution in [1.29, 1.82) is 0 Å². The lowest BCUT2D eigenvalue weighted by Gasteiger charge is -2.27. The Morgan fingerprint density at radius 2 is 1.24 bits per heavy atom. The molecule has 4 heteroatoms. The summed E-state index contributed by atoms with van der Waals surface area (Å²) in [5.74, 6) is -0.348. The molecule has 0 bridgehead atoms. The summed E-state index contributed by atoms with van der Waals surface area (Å²) in [7, 11) is 0. The van der Waals surface area contributed by atoms with Crippen LogP contribution in [0.1, 0.15) is 26.3 Å². The van der Waals surface area contributed by atoms with Gasteiger partial charge in [0.15, 0.2) is 0 Å². The third-order valence-electron chi connectivity index (χ3n) is 3.99. The summed E-state index contributed by atoms with van der Waals surface area (Å²) in [5, 5.41) is 0. The van der Waals surface area contributed by atoms with Crippen molar-refractivity contribution in [2.24, 2.45) is 0 Å².